The number of nitrogens with one attached hydrogen (secondary N) is 3. The van der Waals surface area contributed by atoms with Crippen molar-refractivity contribution in [1.82, 2.24) is 15.6 Å². The second kappa shape index (κ2) is 7.38. The zero-order chi connectivity index (χ0) is 19.7. The first-order valence-corrected chi connectivity index (χ1v) is 11.1. The maximum atomic E-state index is 12.3. The van der Waals surface area contributed by atoms with Crippen LogP contribution >= 0.6 is 0 Å². The molecular weight excluding hydrogens is 380 g/mol. The van der Waals surface area contributed by atoms with Gasteiger partial charge in [0.15, 0.2) is 9.84 Å². The first-order chi connectivity index (χ1) is 13.4. The number of nitrogens with zero attached hydrogens (tertiary/aromatic N) is 1. The van der Waals surface area contributed by atoms with Crippen molar-refractivity contribution in [2.24, 2.45) is 0 Å². The lowest BCUT2D eigenvalue weighted by Crippen LogP contribution is -2.39. The molecule has 0 radical (unpaired) electrons. The first kappa shape index (κ1) is 18.7. The Morgan fingerprint density at radius 3 is 2.89 bits per heavy atom. The van der Waals surface area contributed by atoms with Crippen molar-refractivity contribution in [3.8, 4) is 0 Å². The summed E-state index contributed by atoms with van der Waals surface area (Å²) in [5.41, 5.74) is 1.53. The van der Waals surface area contributed by atoms with Crippen molar-refractivity contribution in [1.29, 1.82) is 0 Å². The quantitative estimate of drug-likeness (QED) is 0.501. The lowest BCUT2D eigenvalue weighted by atomic mass is 10.0. The van der Waals surface area contributed by atoms with Crippen molar-refractivity contribution in [2.75, 3.05) is 11.1 Å². The monoisotopic (exact) mass is 402 g/mol. The summed E-state index contributed by atoms with van der Waals surface area (Å²) in [5, 5.41) is 8.57. The molecule has 9 heteroatoms. The third-order valence-electron chi connectivity index (χ3n) is 5.38. The normalized spacial score (nSPS) is 25.1. The van der Waals surface area contributed by atoms with Gasteiger partial charge in [-0.25, -0.2) is 13.2 Å². The Kier molecular flexibility index (Phi) is 4.92. The van der Waals surface area contributed by atoms with Gasteiger partial charge in [-0.2, -0.15) is 0 Å². The Bertz CT molecular complexity index is 1020. The lowest BCUT2D eigenvalue weighted by molar-refractivity contribution is -0.116. The topological polar surface area (TPSA) is 117 Å². The number of unbranched alkanes of at least 4 members (excludes halogenated alkanes) is 1. The number of fused-ring (bicyclic) bond motifs is 2. The number of carbonyl (C=O) groups is 2. The van der Waals surface area contributed by atoms with Crippen LogP contribution in [0, 0.1) is 0 Å². The molecule has 4 rings (SSSR count). The van der Waals surface area contributed by atoms with Gasteiger partial charge in [0.05, 0.1) is 34.3 Å². The third-order valence-corrected chi connectivity index (χ3v) is 7.66. The highest BCUT2D eigenvalue weighted by atomic mass is 32.2. The minimum atomic E-state index is -3.23. The van der Waals surface area contributed by atoms with E-state index in [1.54, 1.807) is 6.20 Å². The number of hydrogen-bond donors (Lipinski definition) is 3. The molecule has 0 unspecified atom stereocenters. The average molecular weight is 402 g/mol. The Morgan fingerprint density at radius 1 is 1.18 bits per heavy atom. The molecule has 3 N–H and O–H groups in total. The lowest BCUT2D eigenvalue weighted by Gasteiger charge is -2.16. The standard InChI is InChI=1S/C19H22N4O4S/c24-17(21-14-7-3-6-13-12(14)5-4-10-20-13)9-2-1-8-16-18-15(11-28(16,26)27)22-19(25)23-18/h3-7,10,15-16,18H,1-2,8-9,11H2,(H,21,24)(H2,22,23,25)/t15-,16+,18+/m0/s1. The van der Waals surface area contributed by atoms with Crippen LogP contribution in [-0.2, 0) is 14.6 Å². The first-order valence-electron chi connectivity index (χ1n) is 9.36. The van der Waals surface area contributed by atoms with Gasteiger partial charge in [0.2, 0.25) is 5.91 Å². The average Bonchev–Trinajstić information content (AvgIpc) is 3.10. The molecule has 0 bridgehead atoms. The number of urea groups is 1. The van der Waals surface area contributed by atoms with Gasteiger partial charge < -0.3 is 16.0 Å². The highest BCUT2D eigenvalue weighted by Gasteiger charge is 2.51. The molecule has 3 atom stereocenters. The third kappa shape index (κ3) is 3.66. The van der Waals surface area contributed by atoms with Crippen LogP contribution in [0.25, 0.3) is 10.9 Å². The molecule has 2 aromatic rings. The molecule has 2 saturated heterocycles. The van der Waals surface area contributed by atoms with Gasteiger partial charge in [0.1, 0.15) is 0 Å². The molecule has 1 aromatic heterocycles. The van der Waals surface area contributed by atoms with E-state index in [0.29, 0.717) is 25.7 Å². The minimum absolute atomic E-state index is 0.0172. The van der Waals surface area contributed by atoms with Crippen molar-refractivity contribution in [3.05, 3.63) is 36.5 Å². The van der Waals surface area contributed by atoms with E-state index < -0.39 is 15.1 Å². The van der Waals surface area contributed by atoms with Gasteiger partial charge in [0.25, 0.3) is 0 Å². The molecule has 3 heterocycles. The number of anilines is 1. The van der Waals surface area contributed by atoms with E-state index >= 15 is 0 Å². The molecule has 0 saturated carbocycles. The van der Waals surface area contributed by atoms with Crippen molar-refractivity contribution in [3.63, 3.8) is 0 Å². The van der Waals surface area contributed by atoms with Gasteiger partial charge in [-0.15, -0.1) is 0 Å². The molecular formula is C19H22N4O4S. The molecule has 8 nitrogen and oxygen atoms in total. The van der Waals surface area contributed by atoms with E-state index in [9.17, 15) is 18.0 Å². The Morgan fingerprint density at radius 2 is 2.04 bits per heavy atom. The summed E-state index contributed by atoms with van der Waals surface area (Å²) in [6.07, 6.45) is 3.64. The summed E-state index contributed by atoms with van der Waals surface area (Å²) in [6.45, 7) is 0. The summed E-state index contributed by atoms with van der Waals surface area (Å²) in [4.78, 5) is 28.0. The van der Waals surface area contributed by atoms with Gasteiger partial charge in [-0.3, -0.25) is 9.78 Å². The largest absolute Gasteiger partial charge is 0.332 e. The molecule has 3 amide bonds. The number of carbonyl (C=O) groups excluding carboxylic acids is 2. The number of amides is 3. The number of pyridine rings is 1. The summed E-state index contributed by atoms with van der Waals surface area (Å²) in [6, 6.07) is 8.28. The molecule has 0 spiro atoms. The van der Waals surface area contributed by atoms with Gasteiger partial charge >= 0.3 is 6.03 Å². The van der Waals surface area contributed by atoms with Crippen LogP contribution in [0.1, 0.15) is 25.7 Å². The van der Waals surface area contributed by atoms with Gasteiger partial charge in [-0.05, 0) is 37.1 Å². The molecule has 2 aliphatic heterocycles. The van der Waals surface area contributed by atoms with Crippen molar-refractivity contribution in [2.45, 2.75) is 43.0 Å². The van der Waals surface area contributed by atoms with Crippen LogP contribution in [0.2, 0.25) is 0 Å². The second-order valence-electron chi connectivity index (χ2n) is 7.29. The predicted octanol–water partition coefficient (Wildman–Crippen LogP) is 1.58. The van der Waals surface area contributed by atoms with Gasteiger partial charge in [0, 0.05) is 18.0 Å². The van der Waals surface area contributed by atoms with Crippen LogP contribution in [-0.4, -0.2) is 48.4 Å². The van der Waals surface area contributed by atoms with Crippen LogP contribution < -0.4 is 16.0 Å². The number of rotatable bonds is 6. The molecule has 2 aliphatic rings. The van der Waals surface area contributed by atoms with E-state index in [1.165, 1.54) is 0 Å². The molecule has 28 heavy (non-hydrogen) atoms. The van der Waals surface area contributed by atoms with E-state index in [4.69, 9.17) is 0 Å². The fourth-order valence-electron chi connectivity index (χ4n) is 4.06. The fourth-order valence-corrected chi connectivity index (χ4v) is 6.33. The summed E-state index contributed by atoms with van der Waals surface area (Å²) in [7, 11) is -3.23. The molecule has 148 valence electrons. The highest BCUT2D eigenvalue weighted by molar-refractivity contribution is 7.92. The number of hydrogen-bond acceptors (Lipinski definition) is 5. The van der Waals surface area contributed by atoms with E-state index in [1.807, 2.05) is 30.3 Å². The van der Waals surface area contributed by atoms with E-state index in [2.05, 4.69) is 20.9 Å². The molecule has 0 aliphatic carbocycles. The van der Waals surface area contributed by atoms with E-state index in [-0.39, 0.29) is 29.8 Å². The zero-order valence-electron chi connectivity index (χ0n) is 15.2. The van der Waals surface area contributed by atoms with Crippen LogP contribution in [0.15, 0.2) is 36.5 Å². The fraction of sp³-hybridized carbons (Fsp3) is 0.421. The summed E-state index contributed by atoms with van der Waals surface area (Å²) in [5.74, 6) is -0.129. The predicted molar refractivity (Wildman–Crippen MR) is 106 cm³/mol. The van der Waals surface area contributed by atoms with Crippen molar-refractivity contribution < 1.29 is 18.0 Å². The zero-order valence-corrected chi connectivity index (χ0v) is 16.0. The van der Waals surface area contributed by atoms with Crippen molar-refractivity contribution >= 4 is 38.4 Å². The van der Waals surface area contributed by atoms with E-state index in [0.717, 1.165) is 16.6 Å². The minimum Gasteiger partial charge on any atom is -0.332 e. The summed E-state index contributed by atoms with van der Waals surface area (Å²) >= 11 is 0. The highest BCUT2D eigenvalue weighted by Crippen LogP contribution is 2.28. The Balaban J connectivity index is 1.29. The molecule has 1 aromatic carbocycles. The Hall–Kier alpha value is -2.68. The van der Waals surface area contributed by atoms with Gasteiger partial charge in [-0.1, -0.05) is 12.5 Å². The van der Waals surface area contributed by atoms with Crippen LogP contribution in [0.4, 0.5) is 10.5 Å². The van der Waals surface area contributed by atoms with Crippen LogP contribution in [0.3, 0.4) is 0 Å². The number of benzene rings is 1. The molecule has 2 fully saturated rings. The number of sulfone groups is 1. The number of aromatic nitrogens is 1. The smallest absolute Gasteiger partial charge is 0.315 e. The maximum absolute atomic E-state index is 12.3. The SMILES string of the molecule is O=C(CCCC[C@@H]1[C@@H]2NC(=O)N[C@H]2CS1(=O)=O)Nc1cccc2ncccc12. The second-order valence-corrected chi connectivity index (χ2v) is 9.55. The Labute approximate surface area is 163 Å². The van der Waals surface area contributed by atoms with Crippen LogP contribution in [0.5, 0.6) is 0 Å². The summed E-state index contributed by atoms with van der Waals surface area (Å²) < 4.78 is 24.6. The maximum Gasteiger partial charge on any atom is 0.315 e.